The van der Waals surface area contributed by atoms with Crippen LogP contribution >= 0.6 is 0 Å². The van der Waals surface area contributed by atoms with Gasteiger partial charge in [-0.3, -0.25) is 4.79 Å². The van der Waals surface area contributed by atoms with E-state index in [1.165, 1.54) is 13.3 Å². The van der Waals surface area contributed by atoms with Gasteiger partial charge in [0.15, 0.2) is 0 Å². The molecule has 24 heavy (non-hydrogen) atoms. The van der Waals surface area contributed by atoms with Crippen molar-refractivity contribution >= 4 is 17.7 Å². The molecular weight excluding hydrogens is 306 g/mol. The van der Waals surface area contributed by atoms with Crippen LogP contribution in [-0.2, 0) is 9.63 Å². The molecule has 3 rings (SSSR count). The lowest BCUT2D eigenvalue weighted by Crippen LogP contribution is -2.32. The fourth-order valence-corrected chi connectivity index (χ4v) is 4.09. The number of rotatable bonds is 3. The van der Waals surface area contributed by atoms with Gasteiger partial charge < -0.3 is 9.57 Å². The summed E-state index contributed by atoms with van der Waals surface area (Å²) in [5.74, 6) is -0.310. The molecule has 0 amide bonds. The third-order valence-corrected chi connectivity index (χ3v) is 6.11. The van der Waals surface area contributed by atoms with Gasteiger partial charge in [-0.05, 0) is 42.7 Å². The fraction of sp³-hybridized carbons (Fsp3) is 0.526. The molecule has 2 aliphatic carbocycles. The summed E-state index contributed by atoms with van der Waals surface area (Å²) in [5.41, 5.74) is 1.31. The Kier molecular flexibility index (Phi) is 3.98. The summed E-state index contributed by atoms with van der Waals surface area (Å²) in [6, 6.07) is 6.51. The van der Waals surface area contributed by atoms with Gasteiger partial charge in [-0.25, -0.2) is 4.79 Å². The average molecular weight is 329 g/mol. The molecule has 0 N–H and O–H groups in total. The quantitative estimate of drug-likeness (QED) is 0.364. The van der Waals surface area contributed by atoms with E-state index in [1.54, 1.807) is 24.3 Å². The highest BCUT2D eigenvalue weighted by molar-refractivity contribution is 5.96. The first-order valence-electron chi connectivity index (χ1n) is 8.32. The van der Waals surface area contributed by atoms with Crippen molar-refractivity contribution in [3.63, 3.8) is 0 Å². The topological polar surface area (TPSA) is 65.0 Å². The zero-order valence-corrected chi connectivity index (χ0v) is 14.6. The molecule has 0 aliphatic heterocycles. The molecule has 0 radical (unpaired) electrons. The molecule has 0 saturated heterocycles. The highest BCUT2D eigenvalue weighted by Gasteiger charge is 2.60. The molecule has 128 valence electrons. The zero-order chi connectivity index (χ0) is 17.5. The number of nitrogens with zero attached hydrogens (tertiary/aromatic N) is 1. The maximum atomic E-state index is 12.4. The number of oxime groups is 1. The molecule has 2 bridgehead atoms. The van der Waals surface area contributed by atoms with Crippen molar-refractivity contribution in [2.45, 2.75) is 47.0 Å². The lowest BCUT2D eigenvalue weighted by atomic mass is 9.70. The van der Waals surface area contributed by atoms with Gasteiger partial charge >= 0.3 is 11.9 Å². The van der Waals surface area contributed by atoms with E-state index < -0.39 is 11.9 Å². The first-order valence-corrected chi connectivity index (χ1v) is 8.32. The van der Waals surface area contributed by atoms with Crippen LogP contribution in [-0.4, -0.2) is 17.7 Å². The Hall–Kier alpha value is -2.17. The normalized spacial score (nSPS) is 28.8. The molecule has 0 heterocycles. The predicted molar refractivity (Wildman–Crippen MR) is 89.8 cm³/mol. The number of esters is 1. The summed E-state index contributed by atoms with van der Waals surface area (Å²) in [6.07, 6.45) is 3.15. The van der Waals surface area contributed by atoms with Gasteiger partial charge in [0.25, 0.3) is 0 Å². The molecule has 0 spiro atoms. The van der Waals surface area contributed by atoms with Crippen LogP contribution in [0.25, 0.3) is 0 Å². The Bertz CT molecular complexity index is 722. The number of hydrogen-bond donors (Lipinski definition) is 0. The molecule has 2 aliphatic rings. The highest BCUT2D eigenvalue weighted by atomic mass is 16.7. The standard InChI is InChI=1S/C19H23NO4/c1-12(21)23-15-8-6-5-7-14(15)17(22)24-20-16-11-13-9-10-19(16,4)18(13,2)3/h5-8,13H,9-11H2,1-4H3/b20-16-/t13-,19-/m0/s1. The second kappa shape index (κ2) is 5.72. The summed E-state index contributed by atoms with van der Waals surface area (Å²) in [7, 11) is 0. The lowest BCUT2D eigenvalue weighted by molar-refractivity contribution is -0.131. The zero-order valence-electron chi connectivity index (χ0n) is 14.6. The molecule has 5 heteroatoms. The summed E-state index contributed by atoms with van der Waals surface area (Å²) in [6.45, 7) is 8.04. The van der Waals surface area contributed by atoms with E-state index in [0.717, 1.165) is 18.6 Å². The smallest absolute Gasteiger partial charge is 0.369 e. The van der Waals surface area contributed by atoms with Gasteiger partial charge in [0.05, 0.1) is 5.71 Å². The van der Waals surface area contributed by atoms with Gasteiger partial charge in [-0.15, -0.1) is 0 Å². The van der Waals surface area contributed by atoms with Crippen LogP contribution in [0, 0.1) is 16.7 Å². The number of ether oxygens (including phenoxy) is 1. The first kappa shape index (κ1) is 16.7. The highest BCUT2D eigenvalue weighted by Crippen LogP contribution is 2.64. The Morgan fingerprint density at radius 2 is 1.92 bits per heavy atom. The van der Waals surface area contributed by atoms with E-state index >= 15 is 0 Å². The van der Waals surface area contributed by atoms with E-state index in [2.05, 4.69) is 25.9 Å². The molecule has 0 aromatic heterocycles. The maximum absolute atomic E-state index is 12.4. The van der Waals surface area contributed by atoms with Crippen molar-refractivity contribution in [3.05, 3.63) is 29.8 Å². The second-order valence-electron chi connectivity index (χ2n) is 7.50. The largest absolute Gasteiger partial charge is 0.426 e. The van der Waals surface area contributed by atoms with Crippen LogP contribution in [0.4, 0.5) is 0 Å². The summed E-state index contributed by atoms with van der Waals surface area (Å²) < 4.78 is 5.05. The minimum absolute atomic E-state index is 0.0205. The summed E-state index contributed by atoms with van der Waals surface area (Å²) in [5, 5.41) is 4.20. The van der Waals surface area contributed by atoms with Crippen LogP contribution in [0.15, 0.2) is 29.4 Å². The Balaban J connectivity index is 1.79. The van der Waals surface area contributed by atoms with E-state index in [-0.39, 0.29) is 22.1 Å². The average Bonchev–Trinajstić information content (AvgIpc) is 2.85. The number of carbonyl (C=O) groups excluding carboxylic acids is 2. The molecule has 5 nitrogen and oxygen atoms in total. The van der Waals surface area contributed by atoms with Gasteiger partial charge in [0, 0.05) is 12.3 Å². The number of hydrogen-bond acceptors (Lipinski definition) is 5. The first-order chi connectivity index (χ1) is 11.3. The van der Waals surface area contributed by atoms with Crippen molar-refractivity contribution in [2.75, 3.05) is 0 Å². The monoisotopic (exact) mass is 329 g/mol. The minimum Gasteiger partial charge on any atom is -0.426 e. The van der Waals surface area contributed by atoms with Gasteiger partial charge in [0.1, 0.15) is 11.3 Å². The molecule has 0 unspecified atom stereocenters. The Labute approximate surface area is 142 Å². The van der Waals surface area contributed by atoms with Crippen molar-refractivity contribution in [1.82, 2.24) is 0 Å². The maximum Gasteiger partial charge on any atom is 0.369 e. The van der Waals surface area contributed by atoms with Crippen molar-refractivity contribution in [1.29, 1.82) is 0 Å². The second-order valence-corrected chi connectivity index (χ2v) is 7.50. The van der Waals surface area contributed by atoms with Gasteiger partial charge in [0.2, 0.25) is 0 Å². The van der Waals surface area contributed by atoms with E-state index in [4.69, 9.17) is 9.57 Å². The SMILES string of the molecule is CC(=O)Oc1ccccc1C(=O)O/N=C1/C[C@@H]2CC[C@]1(C)C2(C)C. The fourth-order valence-electron chi connectivity index (χ4n) is 4.09. The lowest BCUT2D eigenvalue weighted by Gasteiger charge is -2.34. The number of benzene rings is 1. The molecule has 1 aromatic rings. The van der Waals surface area contributed by atoms with E-state index in [1.807, 2.05) is 0 Å². The Morgan fingerprint density at radius 3 is 2.50 bits per heavy atom. The van der Waals surface area contributed by atoms with Gasteiger partial charge in [-0.2, -0.15) is 0 Å². The molecule has 1 aromatic carbocycles. The number of carbonyl (C=O) groups is 2. The predicted octanol–water partition coefficient (Wildman–Crippen LogP) is 3.97. The van der Waals surface area contributed by atoms with Crippen LogP contribution < -0.4 is 4.74 Å². The van der Waals surface area contributed by atoms with Crippen LogP contribution in [0.5, 0.6) is 5.75 Å². The van der Waals surface area contributed by atoms with Crippen molar-refractivity contribution < 1.29 is 19.2 Å². The number of fused-ring (bicyclic) bond motifs is 2. The summed E-state index contributed by atoms with van der Waals surface area (Å²) >= 11 is 0. The van der Waals surface area contributed by atoms with Crippen LogP contribution in [0.1, 0.15) is 57.3 Å². The third-order valence-electron chi connectivity index (χ3n) is 6.11. The van der Waals surface area contributed by atoms with E-state index in [0.29, 0.717) is 5.92 Å². The molecule has 2 saturated carbocycles. The molecule has 2 atom stereocenters. The van der Waals surface area contributed by atoms with Crippen molar-refractivity contribution in [3.8, 4) is 5.75 Å². The minimum atomic E-state index is -0.608. The van der Waals surface area contributed by atoms with Crippen LogP contribution in [0.3, 0.4) is 0 Å². The van der Waals surface area contributed by atoms with E-state index in [9.17, 15) is 9.59 Å². The molecular formula is C19H23NO4. The van der Waals surface area contributed by atoms with Crippen molar-refractivity contribution in [2.24, 2.45) is 21.9 Å². The molecule has 2 fully saturated rings. The Morgan fingerprint density at radius 1 is 1.21 bits per heavy atom. The van der Waals surface area contributed by atoms with Gasteiger partial charge in [-0.1, -0.05) is 38.1 Å². The number of para-hydroxylation sites is 1. The summed E-state index contributed by atoms with van der Waals surface area (Å²) in [4.78, 5) is 28.7. The van der Waals surface area contributed by atoms with Crippen LogP contribution in [0.2, 0.25) is 0 Å². The third kappa shape index (κ3) is 2.52.